The number of thioether (sulfide) groups is 1. The van der Waals surface area contributed by atoms with E-state index in [0.717, 1.165) is 17.9 Å². The van der Waals surface area contributed by atoms with Gasteiger partial charge in [-0.15, -0.1) is 0 Å². The van der Waals surface area contributed by atoms with Crippen molar-refractivity contribution in [3.63, 3.8) is 0 Å². The molecule has 18 heavy (non-hydrogen) atoms. The van der Waals surface area contributed by atoms with E-state index in [1.807, 2.05) is 23.9 Å². The van der Waals surface area contributed by atoms with Crippen molar-refractivity contribution < 1.29 is 9.53 Å². The van der Waals surface area contributed by atoms with E-state index in [1.54, 1.807) is 13.2 Å². The summed E-state index contributed by atoms with van der Waals surface area (Å²) in [6.07, 6.45) is 2.59. The highest BCUT2D eigenvalue weighted by Crippen LogP contribution is 2.17. The molecule has 1 aliphatic rings. The van der Waals surface area contributed by atoms with E-state index >= 15 is 0 Å². The summed E-state index contributed by atoms with van der Waals surface area (Å²) >= 11 is 1.91. The zero-order chi connectivity index (χ0) is 12.8. The van der Waals surface area contributed by atoms with E-state index in [-0.39, 0.29) is 5.91 Å². The van der Waals surface area contributed by atoms with Crippen molar-refractivity contribution in [3.8, 4) is 5.88 Å². The Balaban J connectivity index is 1.85. The van der Waals surface area contributed by atoms with Crippen LogP contribution in [0, 0.1) is 0 Å². The molecule has 2 heterocycles. The molecule has 1 fully saturated rings. The molecule has 0 aliphatic carbocycles. The smallest absolute Gasteiger partial charge is 0.226 e. The number of ether oxygens (including phenoxy) is 1. The minimum atomic E-state index is 0.0447. The predicted molar refractivity (Wildman–Crippen MR) is 73.0 cm³/mol. The van der Waals surface area contributed by atoms with Crippen LogP contribution in [0.1, 0.15) is 18.5 Å². The summed E-state index contributed by atoms with van der Waals surface area (Å²) in [7, 11) is 1.57. The van der Waals surface area contributed by atoms with Gasteiger partial charge < -0.3 is 10.1 Å². The molecule has 0 bridgehead atoms. The Bertz CT molecular complexity index is 406. The van der Waals surface area contributed by atoms with Crippen molar-refractivity contribution in [1.29, 1.82) is 0 Å². The lowest BCUT2D eigenvalue weighted by molar-refractivity contribution is -0.121. The van der Waals surface area contributed by atoms with Gasteiger partial charge in [0.15, 0.2) is 0 Å². The van der Waals surface area contributed by atoms with Crippen molar-refractivity contribution in [3.05, 3.63) is 23.9 Å². The first-order valence-corrected chi connectivity index (χ1v) is 7.30. The minimum Gasteiger partial charge on any atom is -0.481 e. The van der Waals surface area contributed by atoms with Crippen LogP contribution < -0.4 is 10.1 Å². The Morgan fingerprint density at radius 2 is 2.50 bits per heavy atom. The fraction of sp³-hybridized carbons (Fsp3) is 0.538. The van der Waals surface area contributed by atoms with Gasteiger partial charge in [0.05, 0.1) is 19.2 Å². The second kappa shape index (κ2) is 6.64. The Hall–Kier alpha value is -1.23. The maximum absolute atomic E-state index is 11.9. The molecular formula is C13H18N2O2S. The Morgan fingerprint density at radius 1 is 1.61 bits per heavy atom. The quantitative estimate of drug-likeness (QED) is 0.900. The van der Waals surface area contributed by atoms with Crippen LogP contribution in [0.25, 0.3) is 0 Å². The molecule has 4 nitrogen and oxygen atoms in total. The Kier molecular flexibility index (Phi) is 4.87. The molecule has 1 aromatic heterocycles. The summed E-state index contributed by atoms with van der Waals surface area (Å²) in [5.41, 5.74) is 0.746. The summed E-state index contributed by atoms with van der Waals surface area (Å²) in [5, 5.41) is 3.06. The number of hydrogen-bond acceptors (Lipinski definition) is 4. The van der Waals surface area contributed by atoms with Gasteiger partial charge in [0.1, 0.15) is 0 Å². The SMILES string of the molecule is COc1cccc(CC(=O)NC2CCCSC2)n1. The highest BCUT2D eigenvalue weighted by molar-refractivity contribution is 7.99. The molecule has 5 heteroatoms. The predicted octanol–water partition coefficient (Wildman–Crippen LogP) is 1.64. The maximum atomic E-state index is 11.9. The molecule has 0 spiro atoms. The molecule has 1 atom stereocenters. The molecule has 0 radical (unpaired) electrons. The van der Waals surface area contributed by atoms with Crippen LogP contribution in [-0.4, -0.2) is 35.5 Å². The molecule has 98 valence electrons. The van der Waals surface area contributed by atoms with Gasteiger partial charge in [-0.3, -0.25) is 4.79 Å². The average molecular weight is 266 g/mol. The van der Waals surface area contributed by atoms with Crippen LogP contribution in [0.4, 0.5) is 0 Å². The fourth-order valence-electron chi connectivity index (χ4n) is 1.97. The second-order valence-electron chi connectivity index (χ2n) is 4.33. The second-order valence-corrected chi connectivity index (χ2v) is 5.48. The van der Waals surface area contributed by atoms with E-state index < -0.39 is 0 Å². The lowest BCUT2D eigenvalue weighted by Gasteiger charge is -2.22. The van der Waals surface area contributed by atoms with Gasteiger partial charge in [-0.1, -0.05) is 6.07 Å². The van der Waals surface area contributed by atoms with Crippen molar-refractivity contribution in [2.75, 3.05) is 18.6 Å². The molecular weight excluding hydrogens is 248 g/mol. The topological polar surface area (TPSA) is 51.2 Å². The minimum absolute atomic E-state index is 0.0447. The summed E-state index contributed by atoms with van der Waals surface area (Å²) in [4.78, 5) is 16.1. The summed E-state index contributed by atoms with van der Waals surface area (Å²) < 4.78 is 5.04. The third-order valence-electron chi connectivity index (χ3n) is 2.86. The van der Waals surface area contributed by atoms with Gasteiger partial charge >= 0.3 is 0 Å². The van der Waals surface area contributed by atoms with Gasteiger partial charge in [-0.2, -0.15) is 11.8 Å². The van der Waals surface area contributed by atoms with E-state index in [9.17, 15) is 4.79 Å². The van der Waals surface area contributed by atoms with Crippen molar-refractivity contribution in [2.24, 2.45) is 0 Å². The number of rotatable bonds is 4. The maximum Gasteiger partial charge on any atom is 0.226 e. The van der Waals surface area contributed by atoms with Gasteiger partial charge in [0.25, 0.3) is 0 Å². The number of carbonyl (C=O) groups is 1. The van der Waals surface area contributed by atoms with Crippen molar-refractivity contribution in [2.45, 2.75) is 25.3 Å². The van der Waals surface area contributed by atoms with E-state index in [1.165, 1.54) is 12.2 Å². The summed E-state index contributed by atoms with van der Waals surface area (Å²) in [5.74, 6) is 2.83. The van der Waals surface area contributed by atoms with Gasteiger partial charge in [-0.05, 0) is 24.7 Å². The molecule has 0 saturated carbocycles. The lowest BCUT2D eigenvalue weighted by atomic mass is 10.1. The normalized spacial score (nSPS) is 19.3. The molecule has 0 aromatic carbocycles. The van der Waals surface area contributed by atoms with Crippen LogP contribution >= 0.6 is 11.8 Å². The number of nitrogens with zero attached hydrogens (tertiary/aromatic N) is 1. The molecule has 1 amide bonds. The lowest BCUT2D eigenvalue weighted by Crippen LogP contribution is -2.39. The summed E-state index contributed by atoms with van der Waals surface area (Å²) in [6.45, 7) is 0. The van der Waals surface area contributed by atoms with Crippen LogP contribution in [0.5, 0.6) is 5.88 Å². The first-order chi connectivity index (χ1) is 8.78. The number of pyridine rings is 1. The van der Waals surface area contributed by atoms with Crippen LogP contribution in [0.2, 0.25) is 0 Å². The molecule has 1 N–H and O–H groups in total. The van der Waals surface area contributed by atoms with E-state index in [4.69, 9.17) is 4.74 Å². The van der Waals surface area contributed by atoms with Crippen LogP contribution in [0.3, 0.4) is 0 Å². The zero-order valence-electron chi connectivity index (χ0n) is 10.5. The van der Waals surface area contributed by atoms with E-state index in [2.05, 4.69) is 10.3 Å². The molecule has 2 rings (SSSR count). The number of hydrogen-bond donors (Lipinski definition) is 1. The number of aromatic nitrogens is 1. The van der Waals surface area contributed by atoms with Crippen molar-refractivity contribution >= 4 is 17.7 Å². The molecule has 1 unspecified atom stereocenters. The molecule has 1 aromatic rings. The summed E-state index contributed by atoms with van der Waals surface area (Å²) in [6, 6.07) is 5.80. The Labute approximate surface area is 112 Å². The third-order valence-corrected chi connectivity index (χ3v) is 4.07. The Morgan fingerprint density at radius 3 is 3.22 bits per heavy atom. The highest BCUT2D eigenvalue weighted by atomic mass is 32.2. The first-order valence-electron chi connectivity index (χ1n) is 6.15. The van der Waals surface area contributed by atoms with Crippen molar-refractivity contribution in [1.82, 2.24) is 10.3 Å². The fourth-order valence-corrected chi connectivity index (χ4v) is 3.04. The molecule has 1 saturated heterocycles. The number of carbonyl (C=O) groups excluding carboxylic acids is 1. The number of methoxy groups -OCH3 is 1. The van der Waals surface area contributed by atoms with Gasteiger partial charge in [-0.25, -0.2) is 4.98 Å². The highest BCUT2D eigenvalue weighted by Gasteiger charge is 2.16. The number of nitrogens with one attached hydrogen (secondary N) is 1. The van der Waals surface area contributed by atoms with Gasteiger partial charge in [0, 0.05) is 17.9 Å². The van der Waals surface area contributed by atoms with Gasteiger partial charge in [0.2, 0.25) is 11.8 Å². The zero-order valence-corrected chi connectivity index (χ0v) is 11.3. The van der Waals surface area contributed by atoms with E-state index in [0.29, 0.717) is 18.3 Å². The standard InChI is InChI=1S/C13H18N2O2S/c1-17-13-6-2-4-10(15-13)8-12(16)14-11-5-3-7-18-9-11/h2,4,6,11H,3,5,7-9H2,1H3,(H,14,16). The number of amides is 1. The third kappa shape index (κ3) is 3.91. The first kappa shape index (κ1) is 13.2. The molecule has 1 aliphatic heterocycles. The largest absolute Gasteiger partial charge is 0.481 e. The van der Waals surface area contributed by atoms with Crippen LogP contribution in [-0.2, 0) is 11.2 Å². The average Bonchev–Trinajstić information content (AvgIpc) is 2.40. The monoisotopic (exact) mass is 266 g/mol. The van der Waals surface area contributed by atoms with Crippen LogP contribution in [0.15, 0.2) is 18.2 Å².